The molecule has 6 nitrogen and oxygen atoms in total. The summed E-state index contributed by atoms with van der Waals surface area (Å²) in [5.74, 6) is 0.315. The summed E-state index contributed by atoms with van der Waals surface area (Å²) in [5, 5.41) is 5.69. The highest BCUT2D eigenvalue weighted by Gasteiger charge is 2.18. The van der Waals surface area contributed by atoms with Gasteiger partial charge in [-0.1, -0.05) is 12.1 Å². The summed E-state index contributed by atoms with van der Waals surface area (Å²) in [4.78, 5) is 30.4. The monoisotopic (exact) mass is 401 g/mol. The second-order valence-corrected chi connectivity index (χ2v) is 7.36. The third kappa shape index (κ3) is 6.49. The molecule has 1 unspecified atom stereocenters. The lowest BCUT2D eigenvalue weighted by Gasteiger charge is -2.23. The lowest BCUT2D eigenvalue weighted by Crippen LogP contribution is -2.46. The Balaban J connectivity index is 1.90. The highest BCUT2D eigenvalue weighted by Crippen LogP contribution is 2.17. The van der Waals surface area contributed by atoms with Crippen LogP contribution in [0.25, 0.3) is 6.08 Å². The fourth-order valence-corrected chi connectivity index (χ4v) is 3.24. The van der Waals surface area contributed by atoms with E-state index in [4.69, 9.17) is 4.74 Å². The summed E-state index contributed by atoms with van der Waals surface area (Å²) >= 11 is 1.59. The first-order chi connectivity index (χ1) is 13.4. The van der Waals surface area contributed by atoms with E-state index in [2.05, 4.69) is 10.3 Å². The molecule has 28 heavy (non-hydrogen) atoms. The number of benzene rings is 1. The number of carbonyl (C=O) groups excluding carboxylic acids is 2. The van der Waals surface area contributed by atoms with Gasteiger partial charge in [-0.15, -0.1) is 11.3 Å². The van der Waals surface area contributed by atoms with Crippen LogP contribution in [0.2, 0.25) is 0 Å². The zero-order valence-electron chi connectivity index (χ0n) is 16.8. The maximum atomic E-state index is 12.2. The number of nitrogens with one attached hydrogen (secondary N) is 1. The lowest BCUT2D eigenvalue weighted by atomic mass is 10.2. The van der Waals surface area contributed by atoms with Crippen LogP contribution in [0.1, 0.15) is 37.0 Å². The zero-order valence-corrected chi connectivity index (χ0v) is 17.6. The van der Waals surface area contributed by atoms with Crippen LogP contribution in [0.4, 0.5) is 0 Å². The summed E-state index contributed by atoms with van der Waals surface area (Å²) < 4.78 is 5.76. The van der Waals surface area contributed by atoms with Crippen LogP contribution >= 0.6 is 11.3 Å². The van der Waals surface area contributed by atoms with Crippen molar-refractivity contribution in [3.05, 3.63) is 52.0 Å². The molecule has 2 aromatic rings. The number of ether oxygens (including phenoxy) is 1. The van der Waals surface area contributed by atoms with Gasteiger partial charge in [0.2, 0.25) is 11.8 Å². The first kappa shape index (κ1) is 21.6. The second kappa shape index (κ2) is 10.6. The molecule has 0 bridgehead atoms. The third-order valence-corrected chi connectivity index (χ3v) is 4.97. The number of thiazole rings is 1. The number of nitrogens with zero attached hydrogens (tertiary/aromatic N) is 2. The minimum Gasteiger partial charge on any atom is -0.487 e. The van der Waals surface area contributed by atoms with Crippen LogP contribution in [0.5, 0.6) is 5.75 Å². The number of aromatic nitrogens is 1. The first-order valence-corrected chi connectivity index (χ1v) is 10.2. The van der Waals surface area contributed by atoms with Gasteiger partial charge in [0.05, 0.1) is 10.7 Å². The fourth-order valence-electron chi connectivity index (χ4n) is 2.64. The molecule has 1 heterocycles. The Hall–Kier alpha value is -2.67. The van der Waals surface area contributed by atoms with Gasteiger partial charge in [0.25, 0.3) is 0 Å². The van der Waals surface area contributed by atoms with Crippen LogP contribution in [0, 0.1) is 6.92 Å². The van der Waals surface area contributed by atoms with Gasteiger partial charge in [-0.2, -0.15) is 0 Å². The molecule has 1 N–H and O–H groups in total. The van der Waals surface area contributed by atoms with E-state index in [1.54, 1.807) is 29.2 Å². The molecule has 7 heteroatoms. The van der Waals surface area contributed by atoms with Crippen LogP contribution < -0.4 is 10.1 Å². The Labute approximate surface area is 170 Å². The van der Waals surface area contributed by atoms with Gasteiger partial charge in [-0.25, -0.2) is 4.98 Å². The van der Waals surface area contributed by atoms with Gasteiger partial charge in [0.15, 0.2) is 0 Å². The van der Waals surface area contributed by atoms with E-state index < -0.39 is 6.04 Å². The van der Waals surface area contributed by atoms with Gasteiger partial charge in [-0.3, -0.25) is 9.59 Å². The topological polar surface area (TPSA) is 71.5 Å². The lowest BCUT2D eigenvalue weighted by molar-refractivity contribution is -0.134. The molecule has 0 saturated heterocycles. The minimum atomic E-state index is -0.562. The van der Waals surface area contributed by atoms with Crippen molar-refractivity contribution in [2.45, 2.75) is 40.3 Å². The zero-order chi connectivity index (χ0) is 20.5. The molecule has 0 aliphatic carbocycles. The molecule has 1 aromatic carbocycles. The number of hydrogen-bond acceptors (Lipinski definition) is 5. The smallest absolute Gasteiger partial charge is 0.244 e. The summed E-state index contributed by atoms with van der Waals surface area (Å²) in [5.41, 5.74) is 1.74. The van der Waals surface area contributed by atoms with Crippen molar-refractivity contribution >= 4 is 29.2 Å². The predicted octanol–water partition coefficient (Wildman–Crippen LogP) is 3.42. The Morgan fingerprint density at radius 2 is 2.07 bits per heavy atom. The molecular weight excluding hydrogens is 374 g/mol. The summed E-state index contributed by atoms with van der Waals surface area (Å²) in [6.07, 6.45) is 3.12. The average Bonchev–Trinajstić information content (AvgIpc) is 3.11. The van der Waals surface area contributed by atoms with Gasteiger partial charge in [0.1, 0.15) is 18.4 Å². The van der Waals surface area contributed by atoms with Crippen LogP contribution in [0.15, 0.2) is 35.7 Å². The van der Waals surface area contributed by atoms with E-state index in [1.165, 1.54) is 6.08 Å². The second-order valence-electron chi connectivity index (χ2n) is 6.29. The van der Waals surface area contributed by atoms with Crippen molar-refractivity contribution in [3.8, 4) is 5.75 Å². The number of aryl methyl sites for hydroxylation is 1. The van der Waals surface area contributed by atoms with Crippen molar-refractivity contribution in [1.82, 2.24) is 15.2 Å². The van der Waals surface area contributed by atoms with E-state index in [0.29, 0.717) is 25.4 Å². The van der Waals surface area contributed by atoms with E-state index in [-0.39, 0.29) is 11.8 Å². The number of carbonyl (C=O) groups is 2. The molecule has 0 radical (unpaired) electrons. The van der Waals surface area contributed by atoms with Crippen LogP contribution in [-0.4, -0.2) is 40.8 Å². The molecule has 150 valence electrons. The normalized spacial score (nSPS) is 12.0. The number of hydrogen-bond donors (Lipinski definition) is 1. The standard InChI is InChI=1S/C21H27N3O3S/c1-5-24(6-2)21(26)15(3)22-20(25)11-10-17-8-7-9-19(12-17)27-13-18-14-28-16(4)23-18/h7-12,14-15H,5-6,13H2,1-4H3,(H,22,25)/b11-10+. The SMILES string of the molecule is CCN(CC)C(=O)C(C)NC(=O)/C=C/c1cccc(OCc2csc(C)n2)c1. The van der Waals surface area contributed by atoms with E-state index in [0.717, 1.165) is 16.3 Å². The summed E-state index contributed by atoms with van der Waals surface area (Å²) in [7, 11) is 0. The van der Waals surface area contributed by atoms with E-state index in [9.17, 15) is 9.59 Å². The molecule has 0 aliphatic heterocycles. The molecule has 0 aliphatic rings. The first-order valence-electron chi connectivity index (χ1n) is 9.34. The molecular formula is C21H27N3O3S. The molecule has 2 rings (SSSR count). The van der Waals surface area contributed by atoms with Crippen molar-refractivity contribution in [1.29, 1.82) is 0 Å². The summed E-state index contributed by atoms with van der Waals surface area (Å²) in [6, 6.07) is 6.91. The predicted molar refractivity (Wildman–Crippen MR) is 112 cm³/mol. The average molecular weight is 402 g/mol. The molecule has 1 atom stereocenters. The Morgan fingerprint density at radius 1 is 1.32 bits per heavy atom. The largest absolute Gasteiger partial charge is 0.487 e. The van der Waals surface area contributed by atoms with E-state index in [1.807, 2.05) is 50.4 Å². The maximum absolute atomic E-state index is 12.2. The molecule has 0 saturated carbocycles. The van der Waals surface area contributed by atoms with Gasteiger partial charge in [-0.05, 0) is 51.5 Å². The summed E-state index contributed by atoms with van der Waals surface area (Å²) in [6.45, 7) is 9.14. The molecule has 0 fully saturated rings. The Morgan fingerprint density at radius 3 is 2.71 bits per heavy atom. The van der Waals surface area contributed by atoms with Gasteiger partial charge in [0, 0.05) is 24.5 Å². The highest BCUT2D eigenvalue weighted by molar-refractivity contribution is 7.09. The highest BCUT2D eigenvalue weighted by atomic mass is 32.1. The minimum absolute atomic E-state index is 0.0839. The van der Waals surface area contributed by atoms with Crippen molar-refractivity contribution in [2.75, 3.05) is 13.1 Å². The third-order valence-electron chi connectivity index (χ3n) is 4.14. The molecule has 0 spiro atoms. The Kier molecular flexibility index (Phi) is 8.19. The Bertz CT molecular complexity index is 828. The van der Waals surface area contributed by atoms with Crippen LogP contribution in [-0.2, 0) is 16.2 Å². The number of rotatable bonds is 9. The van der Waals surface area contributed by atoms with Crippen molar-refractivity contribution in [2.24, 2.45) is 0 Å². The van der Waals surface area contributed by atoms with Crippen molar-refractivity contribution in [3.63, 3.8) is 0 Å². The van der Waals surface area contributed by atoms with E-state index >= 15 is 0 Å². The number of likely N-dealkylation sites (N-methyl/N-ethyl adjacent to an activating group) is 1. The maximum Gasteiger partial charge on any atom is 0.244 e. The molecule has 2 amide bonds. The number of amides is 2. The van der Waals surface area contributed by atoms with Crippen LogP contribution in [0.3, 0.4) is 0 Å². The van der Waals surface area contributed by atoms with Gasteiger partial charge >= 0.3 is 0 Å². The van der Waals surface area contributed by atoms with Crippen molar-refractivity contribution < 1.29 is 14.3 Å². The van der Waals surface area contributed by atoms with Gasteiger partial charge < -0.3 is 15.0 Å². The molecule has 1 aromatic heterocycles. The quantitative estimate of drug-likeness (QED) is 0.654. The fraction of sp³-hybridized carbons (Fsp3) is 0.381.